The Balaban J connectivity index is 0.553. The topological polar surface area (TPSA) is 228 Å². The highest BCUT2D eigenvalue weighted by atomic mass is 32.1. The first kappa shape index (κ1) is 55.6. The van der Waals surface area contributed by atoms with Crippen LogP contribution in [-0.4, -0.2) is 177 Å². The number of aromatic hydroxyl groups is 1. The molecule has 12 rings (SSSR count). The summed E-state index contributed by atoms with van der Waals surface area (Å²) in [6, 6.07) is 22.8. The second-order valence-corrected chi connectivity index (χ2v) is 24.6. The predicted molar refractivity (Wildman–Crippen MR) is 315 cm³/mol. The highest BCUT2D eigenvalue weighted by molar-refractivity contribution is 7.13. The second-order valence-electron chi connectivity index (χ2n) is 23.7. The Morgan fingerprint density at radius 3 is 2.26 bits per heavy atom. The monoisotopic (exact) mass is 1140 g/mol. The number of anilines is 4. The first-order valence-corrected chi connectivity index (χ1v) is 30.3. The average molecular weight is 1140 g/mol. The summed E-state index contributed by atoms with van der Waals surface area (Å²) in [7, 11) is 0. The number of hydrogen-bond acceptors (Lipinski definition) is 19. The molecule has 0 spiro atoms. The van der Waals surface area contributed by atoms with Crippen LogP contribution in [0.15, 0.2) is 89.0 Å². The van der Waals surface area contributed by atoms with Crippen molar-refractivity contribution in [2.75, 3.05) is 92.4 Å². The summed E-state index contributed by atoms with van der Waals surface area (Å²) in [5.41, 5.74) is 14.5. The molecule has 1 aliphatic carbocycles. The van der Waals surface area contributed by atoms with E-state index in [1.165, 1.54) is 4.90 Å². The fraction of sp³-hybridized carbons (Fsp3) is 0.525. The zero-order chi connectivity index (χ0) is 56.6. The number of nitrogens with zero attached hydrogens (tertiary/aromatic N) is 11. The van der Waals surface area contributed by atoms with Crippen LogP contribution in [0.1, 0.15) is 94.7 Å². The van der Waals surface area contributed by atoms with Gasteiger partial charge < -0.3 is 59.8 Å². The maximum atomic E-state index is 14.4. The van der Waals surface area contributed by atoms with Gasteiger partial charge in [-0.15, -0.1) is 21.5 Å². The zero-order valence-corrected chi connectivity index (χ0v) is 48.2. The molecule has 21 heteroatoms. The molecule has 9 heterocycles. The van der Waals surface area contributed by atoms with Gasteiger partial charge in [-0.2, -0.15) is 0 Å². The summed E-state index contributed by atoms with van der Waals surface area (Å²) >= 11 is 1.60. The zero-order valence-electron chi connectivity index (χ0n) is 47.4. The number of nitrogens with two attached hydrogens (primary N) is 1. The minimum atomic E-state index is -0.805. The minimum Gasteiger partial charge on any atom is -0.507 e. The molecule has 1 unspecified atom stereocenters. The fourth-order valence-corrected chi connectivity index (χ4v) is 14.0. The molecule has 2 bridgehead atoms. The van der Waals surface area contributed by atoms with Crippen molar-refractivity contribution >= 4 is 46.2 Å². The number of nitrogens with one attached hydrogen (secondary N) is 1. The third-order valence-corrected chi connectivity index (χ3v) is 18.9. The molecule has 5 N–H and O–H groups in total. The van der Waals surface area contributed by atoms with Gasteiger partial charge in [0.15, 0.2) is 17.4 Å². The number of phenolic OH excluding ortho intramolecular Hbond substituents is 1. The third-order valence-electron chi connectivity index (χ3n) is 17.9. The molecule has 0 radical (unpaired) electrons. The summed E-state index contributed by atoms with van der Waals surface area (Å²) in [5.74, 6) is 1.09. The molecule has 1 saturated carbocycles. The standard InChI is InChI=1S/C61H77N13O7S/c1-37(2)57(61(78)73-35-45(75)28-52(73)60(77)65-38(3)40-9-11-41(12-10-40)58-39(4)64-36-82-58)54-32-55(68-81-54)71-25-23-70(24-26-71)22-21-69-19-16-46(17-20-69)79-47-29-48(30-47)80-56-27-42(15-18-63-56)74-43-13-14-44(74)34-72(33-43)51-31-50(66-67-59(51)62)49-7-5-6-8-53(49)76/h5-12,15,18,27,31-32,36-38,43-48,52,57,75-76H,13-14,16-17,19-26,28-30,33-35H2,1-4H3,(H2,62,67)(H,65,77)/t38-,43+,44?,45+,47?,48?,52-,57+/m0/s1. The number of thiazole rings is 1. The number of nitrogen functional groups attached to an aromatic ring is 1. The van der Waals surface area contributed by atoms with Gasteiger partial charge in [0.25, 0.3) is 0 Å². The molecule has 2 aromatic carbocycles. The van der Waals surface area contributed by atoms with E-state index in [9.17, 15) is 19.8 Å². The van der Waals surface area contributed by atoms with E-state index in [-0.39, 0.29) is 60.8 Å². The lowest BCUT2D eigenvalue weighted by Gasteiger charge is -2.43. The van der Waals surface area contributed by atoms with Gasteiger partial charge in [0, 0.05) is 133 Å². The van der Waals surface area contributed by atoms with Crippen molar-refractivity contribution in [3.63, 3.8) is 0 Å². The number of amides is 2. The van der Waals surface area contributed by atoms with Crippen LogP contribution >= 0.6 is 11.3 Å². The van der Waals surface area contributed by atoms with E-state index in [4.69, 9.17) is 19.7 Å². The molecule has 6 aliphatic rings. The predicted octanol–water partition coefficient (Wildman–Crippen LogP) is 6.90. The quantitative estimate of drug-likeness (QED) is 0.0686. The number of fused-ring (bicyclic) bond motifs is 2. The van der Waals surface area contributed by atoms with E-state index in [1.54, 1.807) is 23.5 Å². The van der Waals surface area contributed by atoms with Crippen molar-refractivity contribution in [2.45, 2.75) is 127 Å². The van der Waals surface area contributed by atoms with Crippen LogP contribution in [-0.2, 0) is 14.3 Å². The number of piperazine rings is 2. The van der Waals surface area contributed by atoms with Crippen molar-refractivity contribution in [1.29, 1.82) is 0 Å². The van der Waals surface area contributed by atoms with E-state index in [0.717, 1.165) is 137 Å². The van der Waals surface area contributed by atoms with E-state index in [1.807, 2.05) is 87.9 Å². The van der Waals surface area contributed by atoms with Crippen LogP contribution in [0.3, 0.4) is 0 Å². The SMILES string of the molecule is Cc1ncsc1-c1ccc([C@H](C)NC(=O)[C@@H]2C[C@@H](O)CN2C(=O)[C@@H](c2cc(N3CCN(CCN4CCC(OC5CC(Oc6cc(N7C8CC[C@@H]7CN(c7cc(-c9ccccc9O)nnc7N)C8)ccn6)C5)CC4)CC3)no2)C(C)C)cc1. The number of benzene rings is 2. The van der Waals surface area contributed by atoms with Crippen molar-refractivity contribution in [2.24, 2.45) is 5.92 Å². The Morgan fingerprint density at radius 2 is 1.55 bits per heavy atom. The Morgan fingerprint density at radius 1 is 0.817 bits per heavy atom. The Hall–Kier alpha value is -6.91. The number of aromatic nitrogens is 5. The minimum absolute atomic E-state index is 0.0816. The average Bonchev–Trinajstić information content (AvgIpc) is 3.82. The number of β-amino-alcohol motifs (C(OH)–C–C–N with tert-alkyl or cyclic N) is 1. The molecule has 434 valence electrons. The number of para-hydroxylation sites is 1. The van der Waals surface area contributed by atoms with Crippen LogP contribution in [0.4, 0.5) is 23.0 Å². The molecule has 6 aromatic rings. The number of carbonyl (C=O) groups excluding carboxylic acids is 2. The van der Waals surface area contributed by atoms with E-state index >= 15 is 0 Å². The summed E-state index contributed by atoms with van der Waals surface area (Å²) in [5, 5.41) is 37.4. The lowest BCUT2D eigenvalue weighted by Crippen LogP contribution is -2.54. The summed E-state index contributed by atoms with van der Waals surface area (Å²) in [6.07, 6.45) is 7.74. The number of aryl methyl sites for hydroxylation is 1. The number of phenols is 1. The number of ether oxygens (including phenoxy) is 2. The van der Waals surface area contributed by atoms with Gasteiger partial charge in [0.05, 0.1) is 51.8 Å². The van der Waals surface area contributed by atoms with Crippen molar-refractivity contribution < 1.29 is 33.8 Å². The van der Waals surface area contributed by atoms with Crippen LogP contribution in [0.5, 0.6) is 11.6 Å². The van der Waals surface area contributed by atoms with Crippen LogP contribution in [0.25, 0.3) is 21.7 Å². The molecule has 5 aliphatic heterocycles. The number of pyridine rings is 1. The Labute approximate surface area is 483 Å². The normalized spacial score (nSPS) is 24.2. The number of piperidine rings is 1. The van der Waals surface area contributed by atoms with E-state index < -0.39 is 18.1 Å². The van der Waals surface area contributed by atoms with Crippen LogP contribution < -0.4 is 30.5 Å². The maximum Gasteiger partial charge on any atom is 0.243 e. The third kappa shape index (κ3) is 12.0. The molecule has 2 amide bonds. The highest BCUT2D eigenvalue weighted by Crippen LogP contribution is 2.41. The summed E-state index contributed by atoms with van der Waals surface area (Å²) in [4.78, 5) is 52.0. The first-order chi connectivity index (χ1) is 39.8. The molecule has 6 atom stereocenters. The van der Waals surface area contributed by atoms with Gasteiger partial charge in [-0.1, -0.05) is 55.4 Å². The fourth-order valence-electron chi connectivity index (χ4n) is 13.2. The van der Waals surface area contributed by atoms with Gasteiger partial charge in [-0.25, -0.2) is 9.97 Å². The summed E-state index contributed by atoms with van der Waals surface area (Å²) < 4.78 is 19.0. The van der Waals surface area contributed by atoms with Gasteiger partial charge in [0.1, 0.15) is 23.8 Å². The van der Waals surface area contributed by atoms with Crippen molar-refractivity contribution in [3.8, 4) is 33.3 Å². The molecule has 6 fully saturated rings. The Kier molecular flexibility index (Phi) is 16.4. The largest absolute Gasteiger partial charge is 0.507 e. The summed E-state index contributed by atoms with van der Waals surface area (Å²) in [6.45, 7) is 17.0. The lowest BCUT2D eigenvalue weighted by molar-refractivity contribution is -0.141. The smallest absolute Gasteiger partial charge is 0.243 e. The molecular weight excluding hydrogens is 1060 g/mol. The second kappa shape index (κ2) is 24.1. The molecule has 82 heavy (non-hydrogen) atoms. The van der Waals surface area contributed by atoms with Gasteiger partial charge in [-0.05, 0) is 80.8 Å². The highest BCUT2D eigenvalue weighted by Gasteiger charge is 2.45. The van der Waals surface area contributed by atoms with E-state index in [2.05, 4.69) is 67.3 Å². The van der Waals surface area contributed by atoms with Crippen molar-refractivity contribution in [3.05, 3.63) is 102 Å². The van der Waals surface area contributed by atoms with Gasteiger partial charge >= 0.3 is 0 Å². The van der Waals surface area contributed by atoms with Crippen LogP contribution in [0, 0.1) is 12.8 Å². The maximum absolute atomic E-state index is 14.4. The first-order valence-electron chi connectivity index (χ1n) is 29.5. The molecule has 4 aromatic heterocycles. The van der Waals surface area contributed by atoms with Gasteiger partial charge in [0.2, 0.25) is 17.7 Å². The number of hydrogen-bond donors (Lipinski definition) is 4. The van der Waals surface area contributed by atoms with Crippen LogP contribution in [0.2, 0.25) is 0 Å². The Bertz CT molecular complexity index is 3160. The molecule has 5 saturated heterocycles. The van der Waals surface area contributed by atoms with Crippen molar-refractivity contribution in [1.82, 2.24) is 45.3 Å². The molecular formula is C61H77N13O7S. The number of aliphatic hydroxyl groups excluding tert-OH is 1. The van der Waals surface area contributed by atoms with E-state index in [0.29, 0.717) is 46.6 Å². The molecule has 20 nitrogen and oxygen atoms in total. The lowest BCUT2D eigenvalue weighted by atomic mass is 9.91. The van der Waals surface area contributed by atoms with Gasteiger partial charge in [-0.3, -0.25) is 14.5 Å². The number of carbonyl (C=O) groups is 2. The number of aliphatic hydroxyl groups is 1. The number of likely N-dealkylation sites (tertiary alicyclic amines) is 2. The number of rotatable bonds is 18.